The number of rotatable bonds is 40. The molecule has 0 saturated heterocycles. The molecule has 0 saturated carbocycles. The van der Waals surface area contributed by atoms with Crippen LogP contribution in [0.15, 0.2) is 0 Å². The van der Waals surface area contributed by atoms with E-state index in [0.29, 0.717) is 0 Å². The van der Waals surface area contributed by atoms with Gasteiger partial charge in [0.25, 0.3) is 0 Å². The van der Waals surface area contributed by atoms with Crippen LogP contribution in [0.1, 0.15) is 259 Å². The predicted octanol–water partition coefficient (Wildman–Crippen LogP) is 16.0. The van der Waals surface area contributed by atoms with Crippen molar-refractivity contribution in [1.29, 1.82) is 0 Å². The molecule has 0 atom stereocenters. The van der Waals surface area contributed by atoms with Gasteiger partial charge in [0, 0.05) is 0 Å². The summed E-state index contributed by atoms with van der Waals surface area (Å²) in [5.74, 6) is 0.888. The lowest BCUT2D eigenvalue weighted by atomic mass is 10.0. The summed E-state index contributed by atoms with van der Waals surface area (Å²) in [4.78, 5) is 2.87. The third-order valence-corrected chi connectivity index (χ3v) is 10.4. The van der Waals surface area contributed by atoms with E-state index < -0.39 is 0 Å². The van der Waals surface area contributed by atoms with Crippen LogP contribution in [0.2, 0.25) is 0 Å². The van der Waals surface area contributed by atoms with Gasteiger partial charge < -0.3 is 4.90 Å². The number of hydrogen-bond donors (Lipinski definition) is 0. The first-order chi connectivity index (χ1) is 22.2. The van der Waals surface area contributed by atoms with E-state index >= 15 is 0 Å². The van der Waals surface area contributed by atoms with Gasteiger partial charge in [-0.3, -0.25) is 0 Å². The molecule has 0 N–H and O–H groups in total. The Morgan fingerprint density at radius 2 is 0.467 bits per heavy atom. The maximum atomic E-state index is 2.87. The molecule has 0 unspecified atom stereocenters. The summed E-state index contributed by atoms with van der Waals surface area (Å²) in [5.41, 5.74) is 0. The van der Waals surface area contributed by atoms with E-state index in [-0.39, 0.29) is 0 Å². The van der Waals surface area contributed by atoms with Gasteiger partial charge in [0.15, 0.2) is 0 Å². The summed E-state index contributed by atoms with van der Waals surface area (Å²) in [6.45, 7) is 13.5. The summed E-state index contributed by atoms with van der Waals surface area (Å²) in [7, 11) is 0. The highest BCUT2D eigenvalue weighted by atomic mass is 15.1. The minimum atomic E-state index is 0.888. The van der Waals surface area contributed by atoms with Gasteiger partial charge in [-0.05, 0) is 44.8 Å². The van der Waals surface area contributed by atoms with E-state index in [1.807, 2.05) is 0 Å². The Morgan fingerprint density at radius 1 is 0.267 bits per heavy atom. The fraction of sp³-hybridized carbons (Fsp3) is 1.00. The Bertz CT molecular complexity index is 469. The van der Waals surface area contributed by atoms with E-state index in [4.69, 9.17) is 0 Å². The first-order valence-electron chi connectivity index (χ1n) is 21.9. The van der Waals surface area contributed by atoms with Gasteiger partial charge in [0.2, 0.25) is 0 Å². The molecule has 0 aromatic rings. The number of hydrogen-bond acceptors (Lipinski definition) is 1. The number of unbranched alkanes of at least 4 members (excludes halogenated alkanes) is 32. The van der Waals surface area contributed by atoms with Gasteiger partial charge in [-0.1, -0.05) is 240 Å². The van der Waals surface area contributed by atoms with Gasteiger partial charge in [0.1, 0.15) is 0 Å². The lowest BCUT2D eigenvalue weighted by Gasteiger charge is -2.22. The quantitative estimate of drug-likeness (QED) is 0.0607. The second-order valence-corrected chi connectivity index (χ2v) is 15.7. The van der Waals surface area contributed by atoms with Crippen molar-refractivity contribution in [3.8, 4) is 0 Å². The maximum absolute atomic E-state index is 2.87. The van der Waals surface area contributed by atoms with Crippen LogP contribution in [0.5, 0.6) is 0 Å². The normalized spacial score (nSPS) is 11.9. The van der Waals surface area contributed by atoms with Crippen LogP contribution >= 0.6 is 0 Å². The Hall–Kier alpha value is -0.0400. The maximum Gasteiger partial charge on any atom is -0.00187 e. The van der Waals surface area contributed by atoms with E-state index in [9.17, 15) is 0 Å². The fourth-order valence-corrected chi connectivity index (χ4v) is 7.17. The first kappa shape index (κ1) is 45.0. The molecule has 0 amide bonds. The largest absolute Gasteiger partial charge is 0.303 e. The molecule has 1 nitrogen and oxygen atoms in total. The van der Waals surface area contributed by atoms with Crippen molar-refractivity contribution in [1.82, 2.24) is 4.90 Å². The van der Waals surface area contributed by atoms with Crippen molar-refractivity contribution in [3.05, 3.63) is 0 Å². The number of nitrogens with zero attached hydrogens (tertiary/aromatic N) is 1. The molecule has 1 heteroatoms. The average molecular weight is 634 g/mol. The molecule has 0 rings (SSSR count). The molecule has 0 aromatic heterocycles. The molecular weight excluding hydrogens is 542 g/mol. The van der Waals surface area contributed by atoms with Crippen LogP contribution in [0.3, 0.4) is 0 Å². The lowest BCUT2D eigenvalue weighted by molar-refractivity contribution is 0.254. The average Bonchev–Trinajstić information content (AvgIpc) is 3.03. The molecular formula is C44H91N. The molecule has 0 aliphatic rings. The minimum Gasteiger partial charge on any atom is -0.303 e. The van der Waals surface area contributed by atoms with E-state index in [2.05, 4.69) is 32.6 Å². The summed E-state index contributed by atoms with van der Waals surface area (Å²) in [6, 6.07) is 0. The van der Waals surface area contributed by atoms with E-state index in [1.165, 1.54) is 251 Å². The van der Waals surface area contributed by atoms with Crippen LogP contribution in [0, 0.1) is 5.92 Å². The van der Waals surface area contributed by atoms with Gasteiger partial charge in [0.05, 0.1) is 0 Å². The highest BCUT2D eigenvalue weighted by Gasteiger charge is 2.05. The van der Waals surface area contributed by atoms with Crippen LogP contribution in [-0.4, -0.2) is 24.5 Å². The second-order valence-electron chi connectivity index (χ2n) is 15.7. The van der Waals surface area contributed by atoms with Crippen molar-refractivity contribution in [2.45, 2.75) is 259 Å². The summed E-state index contributed by atoms with van der Waals surface area (Å²) >= 11 is 0. The van der Waals surface area contributed by atoms with Crippen molar-refractivity contribution in [3.63, 3.8) is 0 Å². The fourth-order valence-electron chi connectivity index (χ4n) is 7.17. The molecule has 0 aliphatic carbocycles. The molecule has 0 aromatic carbocycles. The summed E-state index contributed by atoms with van der Waals surface area (Å²) < 4.78 is 0. The second kappa shape index (κ2) is 40.1. The highest BCUT2D eigenvalue weighted by molar-refractivity contribution is 4.61. The van der Waals surface area contributed by atoms with Crippen LogP contribution < -0.4 is 0 Å². The van der Waals surface area contributed by atoms with Crippen molar-refractivity contribution in [2.75, 3.05) is 19.6 Å². The van der Waals surface area contributed by atoms with Crippen molar-refractivity contribution < 1.29 is 0 Å². The predicted molar refractivity (Wildman–Crippen MR) is 209 cm³/mol. The Labute approximate surface area is 288 Å². The minimum absolute atomic E-state index is 0.888. The molecule has 272 valence electrons. The summed E-state index contributed by atoms with van der Waals surface area (Å²) in [6.07, 6.45) is 52.6. The van der Waals surface area contributed by atoms with Gasteiger partial charge in [-0.2, -0.15) is 0 Å². The van der Waals surface area contributed by atoms with E-state index in [1.54, 1.807) is 0 Å². The Kier molecular flexibility index (Phi) is 40.1. The molecule has 0 spiro atoms. The molecule has 0 heterocycles. The molecule has 0 bridgehead atoms. The van der Waals surface area contributed by atoms with Crippen molar-refractivity contribution >= 4 is 0 Å². The standard InChI is InChI=1S/C44H91N/c1-5-7-9-11-13-15-17-19-21-25-29-33-37-41-45(43-39-35-31-27-23-24-28-32-36-40-44(3)4)42-38-34-30-26-22-20-18-16-14-12-10-8-6-2/h44H,5-43H2,1-4H3. The van der Waals surface area contributed by atoms with E-state index in [0.717, 1.165) is 5.92 Å². The third-order valence-electron chi connectivity index (χ3n) is 10.4. The highest BCUT2D eigenvalue weighted by Crippen LogP contribution is 2.16. The van der Waals surface area contributed by atoms with Crippen LogP contribution in [0.25, 0.3) is 0 Å². The molecule has 0 aliphatic heterocycles. The third kappa shape index (κ3) is 40.1. The Balaban J connectivity index is 3.92. The van der Waals surface area contributed by atoms with Gasteiger partial charge in [-0.25, -0.2) is 0 Å². The van der Waals surface area contributed by atoms with Crippen LogP contribution in [0.4, 0.5) is 0 Å². The molecule has 45 heavy (non-hydrogen) atoms. The SMILES string of the molecule is CCCCCCCCCCCCCCCN(CCCCCCCCCCCCCCC)CCCCCCCCCCCC(C)C. The van der Waals surface area contributed by atoms with Gasteiger partial charge in [-0.15, -0.1) is 0 Å². The molecule has 0 radical (unpaired) electrons. The smallest absolute Gasteiger partial charge is 0.00187 e. The Morgan fingerprint density at radius 3 is 0.689 bits per heavy atom. The summed E-state index contributed by atoms with van der Waals surface area (Å²) in [5, 5.41) is 0. The zero-order chi connectivity index (χ0) is 32.7. The topological polar surface area (TPSA) is 3.24 Å². The monoisotopic (exact) mass is 634 g/mol. The zero-order valence-corrected chi connectivity index (χ0v) is 32.6. The van der Waals surface area contributed by atoms with Gasteiger partial charge >= 0.3 is 0 Å². The zero-order valence-electron chi connectivity index (χ0n) is 32.6. The van der Waals surface area contributed by atoms with Crippen molar-refractivity contribution in [2.24, 2.45) is 5.92 Å². The molecule has 0 fully saturated rings. The lowest BCUT2D eigenvalue weighted by Crippen LogP contribution is -2.27. The van der Waals surface area contributed by atoms with Crippen LogP contribution in [-0.2, 0) is 0 Å². The first-order valence-corrected chi connectivity index (χ1v) is 21.9.